The van der Waals surface area contributed by atoms with E-state index in [0.29, 0.717) is 5.82 Å². The Kier molecular flexibility index (Phi) is 2.76. The Hall–Kier alpha value is -2.04. The van der Waals surface area contributed by atoms with E-state index < -0.39 is 0 Å². The molecule has 0 aliphatic carbocycles. The van der Waals surface area contributed by atoms with Gasteiger partial charge < -0.3 is 15.5 Å². The highest BCUT2D eigenvalue weighted by molar-refractivity contribution is 5.41. The van der Waals surface area contributed by atoms with Gasteiger partial charge in [0.15, 0.2) is 0 Å². The molecular formula is C11H14N4O. The molecule has 3 N–H and O–H groups in total. The van der Waals surface area contributed by atoms with E-state index in [1.54, 1.807) is 6.26 Å². The summed E-state index contributed by atoms with van der Waals surface area (Å²) in [6.07, 6.45) is 1.65. The van der Waals surface area contributed by atoms with Crippen molar-refractivity contribution in [1.29, 1.82) is 0 Å². The predicted octanol–water partition coefficient (Wildman–Crippen LogP) is 2.13. The Morgan fingerprint density at radius 3 is 2.88 bits per heavy atom. The fraction of sp³-hybridized carbons (Fsp3) is 0.273. The first-order chi connectivity index (χ1) is 7.65. The Morgan fingerprint density at radius 2 is 2.25 bits per heavy atom. The quantitative estimate of drug-likeness (QED) is 0.825. The van der Waals surface area contributed by atoms with Gasteiger partial charge in [0, 0.05) is 11.8 Å². The summed E-state index contributed by atoms with van der Waals surface area (Å²) < 4.78 is 5.29. The fourth-order valence-electron chi connectivity index (χ4n) is 1.50. The Labute approximate surface area is 93.7 Å². The molecular weight excluding hydrogens is 204 g/mol. The van der Waals surface area contributed by atoms with E-state index in [4.69, 9.17) is 10.2 Å². The van der Waals surface area contributed by atoms with Gasteiger partial charge in [-0.25, -0.2) is 4.98 Å². The Morgan fingerprint density at radius 1 is 1.44 bits per heavy atom. The molecule has 2 rings (SSSR count). The lowest BCUT2D eigenvalue weighted by molar-refractivity contribution is 0.490. The molecule has 1 unspecified atom stereocenters. The first-order valence-electron chi connectivity index (χ1n) is 5.06. The maximum absolute atomic E-state index is 5.57. The molecule has 0 spiro atoms. The van der Waals surface area contributed by atoms with Crippen molar-refractivity contribution in [2.75, 3.05) is 11.1 Å². The molecule has 0 bridgehead atoms. The van der Waals surface area contributed by atoms with E-state index in [1.165, 1.54) is 0 Å². The fourth-order valence-corrected chi connectivity index (χ4v) is 1.50. The highest BCUT2D eigenvalue weighted by atomic mass is 16.3. The van der Waals surface area contributed by atoms with Gasteiger partial charge >= 0.3 is 0 Å². The van der Waals surface area contributed by atoms with Gasteiger partial charge in [-0.05, 0) is 26.0 Å². The van der Waals surface area contributed by atoms with Crippen molar-refractivity contribution in [3.63, 3.8) is 0 Å². The maximum Gasteiger partial charge on any atom is 0.222 e. The number of nitrogens with one attached hydrogen (secondary N) is 1. The average Bonchev–Trinajstić information content (AvgIpc) is 2.68. The molecule has 0 radical (unpaired) electrons. The minimum Gasteiger partial charge on any atom is -0.467 e. The molecule has 0 saturated heterocycles. The largest absolute Gasteiger partial charge is 0.467 e. The topological polar surface area (TPSA) is 77.0 Å². The average molecular weight is 218 g/mol. The standard InChI is InChI=1S/C11H14N4O/c1-7-6-10(15-11(12)13-7)14-8(2)9-4-3-5-16-9/h3-6,8H,1-2H3,(H3,12,13,14,15). The molecule has 84 valence electrons. The van der Waals surface area contributed by atoms with Gasteiger partial charge in [-0.1, -0.05) is 0 Å². The number of anilines is 2. The highest BCUT2D eigenvalue weighted by Crippen LogP contribution is 2.18. The summed E-state index contributed by atoms with van der Waals surface area (Å²) in [5.41, 5.74) is 6.40. The van der Waals surface area contributed by atoms with Gasteiger partial charge in [0.05, 0.1) is 12.3 Å². The number of nitrogens with two attached hydrogens (primary N) is 1. The Bertz CT molecular complexity index is 447. The minimum atomic E-state index is 0.0451. The van der Waals surface area contributed by atoms with Crippen LogP contribution in [-0.4, -0.2) is 9.97 Å². The van der Waals surface area contributed by atoms with E-state index in [0.717, 1.165) is 11.5 Å². The first-order valence-corrected chi connectivity index (χ1v) is 5.06. The third-order valence-corrected chi connectivity index (χ3v) is 2.21. The lowest BCUT2D eigenvalue weighted by atomic mass is 10.2. The van der Waals surface area contributed by atoms with Gasteiger partial charge in [-0.15, -0.1) is 0 Å². The van der Waals surface area contributed by atoms with Crippen LogP contribution in [0.25, 0.3) is 0 Å². The van der Waals surface area contributed by atoms with Crippen molar-refractivity contribution >= 4 is 11.8 Å². The van der Waals surface area contributed by atoms with E-state index in [9.17, 15) is 0 Å². The van der Waals surface area contributed by atoms with Crippen LogP contribution in [0, 0.1) is 6.92 Å². The van der Waals surface area contributed by atoms with Crippen molar-refractivity contribution < 1.29 is 4.42 Å². The van der Waals surface area contributed by atoms with Crippen LogP contribution in [0.5, 0.6) is 0 Å². The van der Waals surface area contributed by atoms with Gasteiger partial charge in [0.2, 0.25) is 5.95 Å². The molecule has 5 nitrogen and oxygen atoms in total. The van der Waals surface area contributed by atoms with Crippen LogP contribution in [0.3, 0.4) is 0 Å². The number of hydrogen-bond acceptors (Lipinski definition) is 5. The first kappa shape index (κ1) is 10.5. The SMILES string of the molecule is Cc1cc(NC(C)c2ccco2)nc(N)n1. The molecule has 0 amide bonds. The molecule has 2 aromatic rings. The Balaban J connectivity index is 2.15. The van der Waals surface area contributed by atoms with E-state index in [-0.39, 0.29) is 12.0 Å². The summed E-state index contributed by atoms with van der Waals surface area (Å²) in [6, 6.07) is 5.65. The number of hydrogen-bond donors (Lipinski definition) is 2. The molecule has 2 heterocycles. The molecule has 0 saturated carbocycles. The van der Waals surface area contributed by atoms with Crippen molar-refractivity contribution in [3.8, 4) is 0 Å². The summed E-state index contributed by atoms with van der Waals surface area (Å²) in [5, 5.41) is 3.20. The minimum absolute atomic E-state index is 0.0451. The van der Waals surface area contributed by atoms with Gasteiger partial charge in [0.25, 0.3) is 0 Å². The number of furan rings is 1. The molecule has 0 fully saturated rings. The third-order valence-electron chi connectivity index (χ3n) is 2.21. The molecule has 5 heteroatoms. The predicted molar refractivity (Wildman–Crippen MR) is 61.9 cm³/mol. The summed E-state index contributed by atoms with van der Waals surface area (Å²) >= 11 is 0. The van der Waals surface area contributed by atoms with Crippen LogP contribution in [0.1, 0.15) is 24.4 Å². The number of nitrogens with zero attached hydrogens (tertiary/aromatic N) is 2. The normalized spacial score (nSPS) is 12.4. The zero-order chi connectivity index (χ0) is 11.5. The van der Waals surface area contributed by atoms with Crippen LogP contribution in [0.4, 0.5) is 11.8 Å². The summed E-state index contributed by atoms with van der Waals surface area (Å²) in [6.45, 7) is 3.87. The number of nitrogen functional groups attached to an aromatic ring is 1. The highest BCUT2D eigenvalue weighted by Gasteiger charge is 2.09. The van der Waals surface area contributed by atoms with Crippen LogP contribution in [0.15, 0.2) is 28.9 Å². The third kappa shape index (κ3) is 2.31. The van der Waals surface area contributed by atoms with Crippen LogP contribution in [-0.2, 0) is 0 Å². The molecule has 2 aromatic heterocycles. The molecule has 16 heavy (non-hydrogen) atoms. The van der Waals surface area contributed by atoms with Crippen LogP contribution in [0.2, 0.25) is 0 Å². The zero-order valence-corrected chi connectivity index (χ0v) is 9.27. The van der Waals surface area contributed by atoms with Gasteiger partial charge in [-0.2, -0.15) is 4.98 Å². The van der Waals surface area contributed by atoms with Crippen molar-refractivity contribution in [1.82, 2.24) is 9.97 Å². The van der Waals surface area contributed by atoms with Gasteiger partial charge in [-0.3, -0.25) is 0 Å². The smallest absolute Gasteiger partial charge is 0.222 e. The monoisotopic (exact) mass is 218 g/mol. The summed E-state index contributed by atoms with van der Waals surface area (Å²) in [5.74, 6) is 1.83. The lowest BCUT2D eigenvalue weighted by Gasteiger charge is -2.12. The van der Waals surface area contributed by atoms with E-state index in [2.05, 4.69) is 15.3 Å². The van der Waals surface area contributed by atoms with Crippen molar-refractivity contribution in [2.45, 2.75) is 19.9 Å². The van der Waals surface area contributed by atoms with E-state index >= 15 is 0 Å². The van der Waals surface area contributed by atoms with Crippen LogP contribution < -0.4 is 11.1 Å². The maximum atomic E-state index is 5.57. The van der Waals surface area contributed by atoms with Crippen LogP contribution >= 0.6 is 0 Å². The van der Waals surface area contributed by atoms with Crippen molar-refractivity contribution in [2.24, 2.45) is 0 Å². The number of rotatable bonds is 3. The molecule has 0 aliphatic heterocycles. The second kappa shape index (κ2) is 4.22. The summed E-state index contributed by atoms with van der Waals surface area (Å²) in [4.78, 5) is 8.11. The summed E-state index contributed by atoms with van der Waals surface area (Å²) in [7, 11) is 0. The second-order valence-corrected chi connectivity index (χ2v) is 3.63. The zero-order valence-electron chi connectivity index (χ0n) is 9.27. The molecule has 0 aromatic carbocycles. The lowest BCUT2D eigenvalue weighted by Crippen LogP contribution is -2.09. The second-order valence-electron chi connectivity index (χ2n) is 3.63. The molecule has 1 atom stereocenters. The number of aryl methyl sites for hydroxylation is 1. The number of aromatic nitrogens is 2. The molecule has 0 aliphatic rings. The van der Waals surface area contributed by atoms with Gasteiger partial charge in [0.1, 0.15) is 11.6 Å². The van der Waals surface area contributed by atoms with Crippen molar-refractivity contribution in [3.05, 3.63) is 35.9 Å². The van der Waals surface area contributed by atoms with E-state index in [1.807, 2.05) is 32.0 Å².